The van der Waals surface area contributed by atoms with Gasteiger partial charge < -0.3 is 23.8 Å². The third-order valence-corrected chi connectivity index (χ3v) is 6.83. The van der Waals surface area contributed by atoms with Crippen molar-refractivity contribution in [3.63, 3.8) is 0 Å². The normalized spacial score (nSPS) is 15.3. The van der Waals surface area contributed by atoms with Crippen LogP contribution in [0.2, 0.25) is 0 Å². The first-order valence-electron chi connectivity index (χ1n) is 13.6. The molecule has 7 nitrogen and oxygen atoms in total. The summed E-state index contributed by atoms with van der Waals surface area (Å²) in [5.74, 6) is 0.452. The van der Waals surface area contributed by atoms with Gasteiger partial charge in [-0.05, 0) is 36.1 Å². The van der Waals surface area contributed by atoms with Crippen molar-refractivity contribution in [2.75, 3.05) is 20.3 Å². The molecule has 0 radical (unpaired) electrons. The number of methoxy groups -OCH3 is 1. The van der Waals surface area contributed by atoms with Gasteiger partial charge in [-0.25, -0.2) is 4.79 Å². The number of rotatable bonds is 12. The Morgan fingerprint density at radius 1 is 0.974 bits per heavy atom. The minimum atomic E-state index is -0.822. The summed E-state index contributed by atoms with van der Waals surface area (Å²) in [7, 11) is 1.59. The number of carbonyl (C=O) groups is 2. The zero-order chi connectivity index (χ0) is 27.6. The van der Waals surface area contributed by atoms with Crippen LogP contribution in [0.1, 0.15) is 55.0 Å². The van der Waals surface area contributed by atoms with Crippen LogP contribution in [0.15, 0.2) is 72.8 Å². The number of nitrogens with zero attached hydrogens (tertiary/aromatic N) is 1. The van der Waals surface area contributed by atoms with Crippen molar-refractivity contribution in [3.8, 4) is 11.5 Å². The van der Waals surface area contributed by atoms with E-state index in [2.05, 4.69) is 6.92 Å². The summed E-state index contributed by atoms with van der Waals surface area (Å²) in [6.45, 7) is 5.08. The Morgan fingerprint density at radius 2 is 1.69 bits per heavy atom. The maximum absolute atomic E-state index is 14.1. The number of benzene rings is 3. The predicted octanol–water partition coefficient (Wildman–Crippen LogP) is 5.65. The van der Waals surface area contributed by atoms with E-state index in [0.717, 1.165) is 35.1 Å². The Morgan fingerprint density at radius 3 is 2.36 bits per heavy atom. The lowest BCUT2D eigenvalue weighted by Crippen LogP contribution is -2.51. The van der Waals surface area contributed by atoms with Crippen molar-refractivity contribution in [1.82, 2.24) is 4.90 Å². The Kier molecular flexibility index (Phi) is 9.97. The van der Waals surface area contributed by atoms with Gasteiger partial charge in [0.05, 0.1) is 13.7 Å². The maximum Gasteiger partial charge on any atom is 0.329 e. The molecule has 1 aliphatic rings. The molecule has 3 aromatic carbocycles. The minimum Gasteiger partial charge on any atom is -0.493 e. The number of fused-ring (bicyclic) bond motifs is 1. The number of amides is 1. The summed E-state index contributed by atoms with van der Waals surface area (Å²) in [5, 5.41) is 0. The highest BCUT2D eigenvalue weighted by Gasteiger charge is 2.40. The van der Waals surface area contributed by atoms with E-state index in [1.807, 2.05) is 72.8 Å². The van der Waals surface area contributed by atoms with E-state index in [0.29, 0.717) is 24.7 Å². The number of hydrogen-bond acceptors (Lipinski definition) is 6. The molecule has 0 saturated heterocycles. The molecule has 1 unspecified atom stereocenters. The summed E-state index contributed by atoms with van der Waals surface area (Å²) >= 11 is 0. The van der Waals surface area contributed by atoms with Gasteiger partial charge in [-0.15, -0.1) is 0 Å². The monoisotopic (exact) mass is 531 g/mol. The van der Waals surface area contributed by atoms with Crippen LogP contribution in [-0.4, -0.2) is 43.1 Å². The van der Waals surface area contributed by atoms with Crippen molar-refractivity contribution in [2.45, 2.75) is 58.4 Å². The van der Waals surface area contributed by atoms with E-state index in [-0.39, 0.29) is 25.5 Å². The van der Waals surface area contributed by atoms with Gasteiger partial charge in [0, 0.05) is 25.1 Å². The highest BCUT2D eigenvalue weighted by atomic mass is 16.5. The Hall–Kier alpha value is -3.84. The number of hydrogen-bond donors (Lipinski definition) is 0. The van der Waals surface area contributed by atoms with Crippen molar-refractivity contribution in [1.29, 1.82) is 0 Å². The molecule has 0 aliphatic carbocycles. The fourth-order valence-electron chi connectivity index (χ4n) is 4.78. The van der Waals surface area contributed by atoms with Gasteiger partial charge in [0.25, 0.3) is 5.91 Å². The summed E-state index contributed by atoms with van der Waals surface area (Å²) in [6, 6.07) is 22.3. The second-order valence-corrected chi connectivity index (χ2v) is 9.46. The van der Waals surface area contributed by atoms with Gasteiger partial charge in [-0.2, -0.15) is 0 Å². The van der Waals surface area contributed by atoms with Gasteiger partial charge in [0.15, 0.2) is 17.6 Å². The van der Waals surface area contributed by atoms with Gasteiger partial charge in [0.2, 0.25) is 0 Å². The van der Waals surface area contributed by atoms with Crippen molar-refractivity contribution < 1.29 is 28.5 Å². The second kappa shape index (κ2) is 13.8. The van der Waals surface area contributed by atoms with Crippen LogP contribution in [0, 0.1) is 0 Å². The van der Waals surface area contributed by atoms with Gasteiger partial charge in [0.1, 0.15) is 12.6 Å². The van der Waals surface area contributed by atoms with E-state index < -0.39 is 18.1 Å². The van der Waals surface area contributed by atoms with Crippen LogP contribution < -0.4 is 9.47 Å². The Balaban J connectivity index is 1.69. The van der Waals surface area contributed by atoms with Crippen molar-refractivity contribution >= 4 is 11.9 Å². The SMILES string of the molecule is CCCCOC(C(=O)N1Cc2ccc(OC)c(OCc3ccccc3)c2C[C@H]1C(=O)OCC)c1ccccc1. The smallest absolute Gasteiger partial charge is 0.329 e. The molecule has 3 aromatic rings. The molecule has 7 heteroatoms. The molecule has 2 atom stereocenters. The Labute approximate surface area is 230 Å². The lowest BCUT2D eigenvalue weighted by Gasteiger charge is -2.38. The van der Waals surface area contributed by atoms with Crippen LogP contribution in [0.5, 0.6) is 11.5 Å². The van der Waals surface area contributed by atoms with Crippen LogP contribution in [0.3, 0.4) is 0 Å². The zero-order valence-corrected chi connectivity index (χ0v) is 22.9. The summed E-state index contributed by atoms with van der Waals surface area (Å²) in [4.78, 5) is 28.9. The van der Waals surface area contributed by atoms with E-state index in [4.69, 9.17) is 18.9 Å². The van der Waals surface area contributed by atoms with Crippen LogP contribution in [-0.2, 0) is 38.6 Å². The largest absolute Gasteiger partial charge is 0.493 e. The van der Waals surface area contributed by atoms with Crippen LogP contribution >= 0.6 is 0 Å². The lowest BCUT2D eigenvalue weighted by molar-refractivity contribution is -0.161. The molecular weight excluding hydrogens is 494 g/mol. The molecule has 0 bridgehead atoms. The number of unbranched alkanes of at least 4 members (excludes halogenated alkanes) is 1. The molecule has 1 amide bonds. The average molecular weight is 532 g/mol. The third kappa shape index (κ3) is 6.79. The molecule has 39 heavy (non-hydrogen) atoms. The molecule has 0 aromatic heterocycles. The highest BCUT2D eigenvalue weighted by molar-refractivity contribution is 5.89. The summed E-state index contributed by atoms with van der Waals surface area (Å²) in [6.07, 6.45) is 1.22. The number of carbonyl (C=O) groups excluding carboxylic acids is 2. The molecule has 0 saturated carbocycles. The fraction of sp³-hybridized carbons (Fsp3) is 0.375. The first-order valence-corrected chi connectivity index (χ1v) is 13.6. The van der Waals surface area contributed by atoms with E-state index >= 15 is 0 Å². The first kappa shape index (κ1) is 28.2. The van der Waals surface area contributed by atoms with Crippen molar-refractivity contribution in [3.05, 3.63) is 95.1 Å². The average Bonchev–Trinajstić information content (AvgIpc) is 2.98. The number of ether oxygens (including phenoxy) is 4. The first-order chi connectivity index (χ1) is 19.1. The Bertz CT molecular complexity index is 1230. The predicted molar refractivity (Wildman–Crippen MR) is 148 cm³/mol. The molecule has 1 heterocycles. The third-order valence-electron chi connectivity index (χ3n) is 6.83. The summed E-state index contributed by atoms with van der Waals surface area (Å²) in [5.41, 5.74) is 3.51. The van der Waals surface area contributed by atoms with Crippen LogP contribution in [0.25, 0.3) is 0 Å². The van der Waals surface area contributed by atoms with Crippen LogP contribution in [0.4, 0.5) is 0 Å². The van der Waals surface area contributed by atoms with E-state index in [1.54, 1.807) is 18.9 Å². The topological polar surface area (TPSA) is 74.3 Å². The highest BCUT2D eigenvalue weighted by Crippen LogP contribution is 2.40. The molecular formula is C32H37NO6. The van der Waals surface area contributed by atoms with E-state index in [9.17, 15) is 9.59 Å². The quantitative estimate of drug-likeness (QED) is 0.222. The van der Waals surface area contributed by atoms with E-state index in [1.165, 1.54) is 0 Å². The van der Waals surface area contributed by atoms with Gasteiger partial charge in [-0.1, -0.05) is 80.1 Å². The summed E-state index contributed by atoms with van der Waals surface area (Å²) < 4.78 is 23.5. The van der Waals surface area contributed by atoms with Crippen molar-refractivity contribution in [2.24, 2.45) is 0 Å². The minimum absolute atomic E-state index is 0.217. The molecule has 0 fully saturated rings. The zero-order valence-electron chi connectivity index (χ0n) is 22.9. The molecule has 0 spiro atoms. The van der Waals surface area contributed by atoms with Gasteiger partial charge in [-0.3, -0.25) is 4.79 Å². The fourth-order valence-corrected chi connectivity index (χ4v) is 4.78. The molecule has 206 valence electrons. The molecule has 4 rings (SSSR count). The number of esters is 1. The van der Waals surface area contributed by atoms with Gasteiger partial charge >= 0.3 is 5.97 Å². The maximum atomic E-state index is 14.1. The molecule has 0 N–H and O–H groups in total. The second-order valence-electron chi connectivity index (χ2n) is 9.46. The molecule has 1 aliphatic heterocycles. The lowest BCUT2D eigenvalue weighted by atomic mass is 9.91. The standard InChI is InChI=1S/C32H37NO6/c1-4-6-19-38-29(24-15-11-8-12-16-24)31(34)33-21-25-17-18-28(36-3)30(39-22-23-13-9-7-10-14-23)26(25)20-27(33)32(35)37-5-2/h7-18,27,29H,4-6,19-22H2,1-3H3/t27-,29?/m0/s1.